The second-order valence-corrected chi connectivity index (χ2v) is 5.77. The molecule has 1 amide bonds. The van der Waals surface area contributed by atoms with Gasteiger partial charge in [-0.2, -0.15) is 0 Å². The van der Waals surface area contributed by atoms with Crippen LogP contribution in [0.1, 0.15) is 35.9 Å². The zero-order valence-electron chi connectivity index (χ0n) is 14.4. The van der Waals surface area contributed by atoms with E-state index >= 15 is 0 Å². The Morgan fingerprint density at radius 1 is 1.23 bits per heavy atom. The number of rotatable bonds is 7. The van der Waals surface area contributed by atoms with Gasteiger partial charge in [-0.05, 0) is 61.1 Å². The standard InChI is InChI=1S/C19H20N2O4S/c1-2-3-12-25-18(23)14-6-8-15(9-7-14)20-19(26)21-17(22)11-10-16-5-4-13-24-16/h4-11,13H,2-3,12H2,1H3,(H2,20,21,22,26)/b11-10+. The summed E-state index contributed by atoms with van der Waals surface area (Å²) in [5.74, 6) is -0.167. The summed E-state index contributed by atoms with van der Waals surface area (Å²) < 4.78 is 10.2. The van der Waals surface area contributed by atoms with Gasteiger partial charge in [-0.3, -0.25) is 10.1 Å². The maximum Gasteiger partial charge on any atom is 0.338 e. The average Bonchev–Trinajstić information content (AvgIpc) is 3.14. The molecular formula is C19H20N2O4S. The fourth-order valence-electron chi connectivity index (χ4n) is 1.94. The SMILES string of the molecule is CCCCOC(=O)c1ccc(NC(=S)NC(=O)/C=C/c2ccco2)cc1. The second kappa shape index (κ2) is 10.1. The molecule has 0 aliphatic rings. The van der Waals surface area contributed by atoms with Gasteiger partial charge in [0.15, 0.2) is 5.11 Å². The van der Waals surface area contributed by atoms with Gasteiger partial charge in [-0.25, -0.2) is 4.79 Å². The highest BCUT2D eigenvalue weighted by atomic mass is 32.1. The minimum atomic E-state index is -0.380. The first kappa shape index (κ1) is 19.4. The predicted octanol–water partition coefficient (Wildman–Crippen LogP) is 3.76. The van der Waals surface area contributed by atoms with Crippen molar-refractivity contribution in [2.45, 2.75) is 19.8 Å². The molecule has 0 saturated carbocycles. The minimum absolute atomic E-state index is 0.150. The molecular weight excluding hydrogens is 352 g/mol. The van der Waals surface area contributed by atoms with E-state index < -0.39 is 0 Å². The van der Waals surface area contributed by atoms with E-state index in [-0.39, 0.29) is 17.0 Å². The number of benzene rings is 1. The van der Waals surface area contributed by atoms with Crippen LogP contribution in [0, 0.1) is 0 Å². The van der Waals surface area contributed by atoms with Gasteiger partial charge in [0.1, 0.15) is 5.76 Å². The Morgan fingerprint density at radius 3 is 2.65 bits per heavy atom. The summed E-state index contributed by atoms with van der Waals surface area (Å²) in [5, 5.41) is 5.55. The number of hydrogen-bond donors (Lipinski definition) is 2. The molecule has 0 aliphatic heterocycles. The fraction of sp³-hybridized carbons (Fsp3) is 0.211. The van der Waals surface area contributed by atoms with Crippen LogP contribution in [-0.2, 0) is 9.53 Å². The number of anilines is 1. The average molecular weight is 372 g/mol. The third-order valence-electron chi connectivity index (χ3n) is 3.29. The van der Waals surface area contributed by atoms with E-state index in [0.29, 0.717) is 23.6 Å². The number of carbonyl (C=O) groups excluding carboxylic acids is 2. The van der Waals surface area contributed by atoms with Crippen LogP contribution in [0.5, 0.6) is 0 Å². The molecule has 2 aromatic rings. The summed E-state index contributed by atoms with van der Waals surface area (Å²) in [7, 11) is 0. The molecule has 26 heavy (non-hydrogen) atoms. The van der Waals surface area contributed by atoms with Crippen molar-refractivity contribution in [2.24, 2.45) is 0 Å². The summed E-state index contributed by atoms with van der Waals surface area (Å²) in [6.07, 6.45) is 6.19. The lowest BCUT2D eigenvalue weighted by Gasteiger charge is -2.09. The van der Waals surface area contributed by atoms with Crippen LogP contribution in [0.25, 0.3) is 6.08 Å². The van der Waals surface area contributed by atoms with Gasteiger partial charge in [-0.15, -0.1) is 0 Å². The summed E-state index contributed by atoms with van der Waals surface area (Å²) in [5.41, 5.74) is 1.11. The maximum atomic E-state index is 11.8. The van der Waals surface area contributed by atoms with Crippen LogP contribution in [0.4, 0.5) is 5.69 Å². The molecule has 0 radical (unpaired) electrons. The number of thiocarbonyl (C=S) groups is 1. The normalized spacial score (nSPS) is 10.5. The van der Waals surface area contributed by atoms with Crippen molar-refractivity contribution >= 4 is 41.0 Å². The zero-order valence-corrected chi connectivity index (χ0v) is 15.2. The van der Waals surface area contributed by atoms with Gasteiger partial charge in [-0.1, -0.05) is 13.3 Å². The molecule has 2 N–H and O–H groups in total. The number of esters is 1. The van der Waals surface area contributed by atoms with Gasteiger partial charge in [0.25, 0.3) is 0 Å². The Labute approximate surface area is 157 Å². The Kier molecular flexibility index (Phi) is 7.57. The van der Waals surface area contributed by atoms with Gasteiger partial charge in [0, 0.05) is 11.8 Å². The Morgan fingerprint density at radius 2 is 2.00 bits per heavy atom. The number of furan rings is 1. The van der Waals surface area contributed by atoms with Gasteiger partial charge >= 0.3 is 5.97 Å². The third kappa shape index (κ3) is 6.52. The van der Waals surface area contributed by atoms with Crippen LogP contribution in [0.3, 0.4) is 0 Å². The molecule has 0 atom stereocenters. The van der Waals surface area contributed by atoms with Crippen LogP contribution in [-0.4, -0.2) is 23.6 Å². The lowest BCUT2D eigenvalue weighted by Crippen LogP contribution is -2.32. The molecule has 0 aliphatic carbocycles. The zero-order chi connectivity index (χ0) is 18.8. The van der Waals surface area contributed by atoms with Crippen molar-refractivity contribution in [3.05, 3.63) is 60.1 Å². The van der Waals surface area contributed by atoms with E-state index in [0.717, 1.165) is 12.8 Å². The molecule has 0 bridgehead atoms. The lowest BCUT2D eigenvalue weighted by atomic mass is 10.2. The topological polar surface area (TPSA) is 80.6 Å². The van der Waals surface area contributed by atoms with Crippen molar-refractivity contribution in [1.82, 2.24) is 5.32 Å². The van der Waals surface area contributed by atoms with Crippen LogP contribution < -0.4 is 10.6 Å². The number of nitrogens with one attached hydrogen (secondary N) is 2. The van der Waals surface area contributed by atoms with Gasteiger partial charge < -0.3 is 14.5 Å². The summed E-state index contributed by atoms with van der Waals surface area (Å²) in [6, 6.07) is 10.1. The van der Waals surface area contributed by atoms with E-state index in [2.05, 4.69) is 10.6 Å². The van der Waals surface area contributed by atoms with Crippen molar-refractivity contribution in [3.63, 3.8) is 0 Å². The molecule has 1 heterocycles. The first-order valence-electron chi connectivity index (χ1n) is 8.19. The third-order valence-corrected chi connectivity index (χ3v) is 3.49. The van der Waals surface area contributed by atoms with Gasteiger partial charge in [0.05, 0.1) is 18.4 Å². The molecule has 0 unspecified atom stereocenters. The Balaban J connectivity index is 1.81. The van der Waals surface area contributed by atoms with Crippen LogP contribution in [0.2, 0.25) is 0 Å². The minimum Gasteiger partial charge on any atom is -0.465 e. The number of hydrogen-bond acceptors (Lipinski definition) is 5. The quantitative estimate of drug-likeness (QED) is 0.333. The fourth-order valence-corrected chi connectivity index (χ4v) is 2.16. The highest BCUT2D eigenvalue weighted by Crippen LogP contribution is 2.11. The first-order chi connectivity index (χ1) is 12.6. The summed E-state index contributed by atoms with van der Waals surface area (Å²) >= 11 is 5.09. The molecule has 1 aromatic heterocycles. The lowest BCUT2D eigenvalue weighted by molar-refractivity contribution is -0.115. The first-order valence-corrected chi connectivity index (χ1v) is 8.60. The smallest absolute Gasteiger partial charge is 0.338 e. The summed E-state index contributed by atoms with van der Waals surface area (Å²) in [4.78, 5) is 23.6. The summed E-state index contributed by atoms with van der Waals surface area (Å²) in [6.45, 7) is 2.44. The molecule has 1 aromatic carbocycles. The highest BCUT2D eigenvalue weighted by molar-refractivity contribution is 7.80. The largest absolute Gasteiger partial charge is 0.465 e. The van der Waals surface area contributed by atoms with Crippen LogP contribution >= 0.6 is 12.2 Å². The molecule has 0 fully saturated rings. The van der Waals surface area contributed by atoms with Crippen molar-refractivity contribution in [3.8, 4) is 0 Å². The van der Waals surface area contributed by atoms with E-state index in [1.54, 1.807) is 36.4 Å². The number of amides is 1. The molecule has 136 valence electrons. The number of ether oxygens (including phenoxy) is 1. The maximum absolute atomic E-state index is 11.8. The number of carbonyl (C=O) groups is 2. The van der Waals surface area contributed by atoms with Crippen molar-refractivity contribution in [1.29, 1.82) is 0 Å². The highest BCUT2D eigenvalue weighted by Gasteiger charge is 2.07. The molecule has 0 spiro atoms. The van der Waals surface area contributed by atoms with E-state index in [4.69, 9.17) is 21.4 Å². The van der Waals surface area contributed by atoms with E-state index in [9.17, 15) is 9.59 Å². The molecule has 7 heteroatoms. The van der Waals surface area contributed by atoms with Crippen LogP contribution in [0.15, 0.2) is 53.2 Å². The van der Waals surface area contributed by atoms with E-state index in [1.165, 1.54) is 18.4 Å². The molecule has 2 rings (SSSR count). The molecule has 6 nitrogen and oxygen atoms in total. The Hall–Kier alpha value is -2.93. The van der Waals surface area contributed by atoms with Gasteiger partial charge in [0.2, 0.25) is 5.91 Å². The van der Waals surface area contributed by atoms with E-state index in [1.807, 2.05) is 6.92 Å². The second-order valence-electron chi connectivity index (χ2n) is 5.36. The van der Waals surface area contributed by atoms with Crippen molar-refractivity contribution < 1.29 is 18.7 Å². The molecule has 0 saturated heterocycles. The monoisotopic (exact) mass is 372 g/mol. The predicted molar refractivity (Wildman–Crippen MR) is 104 cm³/mol. The Bertz CT molecular complexity index is 767. The number of unbranched alkanes of at least 4 members (excludes halogenated alkanes) is 1. The van der Waals surface area contributed by atoms with Crippen molar-refractivity contribution in [2.75, 3.05) is 11.9 Å².